The minimum atomic E-state index is -0.407. The molecule has 0 aromatic heterocycles. The van der Waals surface area contributed by atoms with Gasteiger partial charge in [-0.1, -0.05) is 135 Å². The second kappa shape index (κ2) is 22.4. The zero-order valence-electron chi connectivity index (χ0n) is 17.3. The summed E-state index contributed by atoms with van der Waals surface area (Å²) in [6, 6.07) is 0. The van der Waals surface area contributed by atoms with Gasteiger partial charge in [-0.05, 0) is 6.42 Å². The molecule has 152 valence electrons. The minimum absolute atomic E-state index is 0.407. The second-order valence-electron chi connectivity index (χ2n) is 7.99. The number of aliphatic hydroxyl groups excluding tert-OH is 1. The summed E-state index contributed by atoms with van der Waals surface area (Å²) in [5.74, 6) is 0. The van der Waals surface area contributed by atoms with Gasteiger partial charge in [-0.3, -0.25) is 0 Å². The molecule has 0 fully saturated rings. The van der Waals surface area contributed by atoms with Crippen LogP contribution in [-0.4, -0.2) is 10.5 Å². The molecule has 1 N–H and O–H groups in total. The van der Waals surface area contributed by atoms with Crippen molar-refractivity contribution in [1.29, 1.82) is 0 Å². The monoisotopic (exact) mass is 372 g/mol. The maximum Gasteiger partial charge on any atom is 0.0964 e. The molecule has 1 nitrogen and oxygen atoms in total. The van der Waals surface area contributed by atoms with Crippen LogP contribution in [0, 0.1) is 0 Å². The molecule has 2 heteroatoms. The van der Waals surface area contributed by atoms with Gasteiger partial charge in [-0.25, -0.2) is 0 Å². The quantitative estimate of drug-likeness (QED) is 0.118. The molecule has 0 rings (SSSR count). The van der Waals surface area contributed by atoms with E-state index in [9.17, 15) is 0 Å². The third kappa shape index (κ3) is 24.3. The highest BCUT2D eigenvalue weighted by Crippen LogP contribution is 2.15. The van der Waals surface area contributed by atoms with Crippen LogP contribution in [0.4, 0.5) is 0 Å². The van der Waals surface area contributed by atoms with E-state index in [1.165, 1.54) is 122 Å². The predicted molar refractivity (Wildman–Crippen MR) is 118 cm³/mol. The number of thiol groups is 1. The summed E-state index contributed by atoms with van der Waals surface area (Å²) in [7, 11) is 0. The third-order valence-electron chi connectivity index (χ3n) is 5.32. The Morgan fingerprint density at radius 1 is 0.480 bits per heavy atom. The van der Waals surface area contributed by atoms with Gasteiger partial charge < -0.3 is 5.11 Å². The molecular formula is C23H48OS. The average molecular weight is 373 g/mol. The van der Waals surface area contributed by atoms with E-state index in [-0.39, 0.29) is 0 Å². The summed E-state index contributed by atoms with van der Waals surface area (Å²) in [6.07, 6.45) is 29.1. The van der Waals surface area contributed by atoms with Gasteiger partial charge >= 0.3 is 0 Å². The fourth-order valence-electron chi connectivity index (χ4n) is 3.58. The molecule has 0 bridgehead atoms. The Labute approximate surface area is 165 Å². The molecule has 25 heavy (non-hydrogen) atoms. The zero-order chi connectivity index (χ0) is 18.4. The Bertz CT molecular complexity index is 230. The van der Waals surface area contributed by atoms with Crippen molar-refractivity contribution in [3.05, 3.63) is 0 Å². The molecule has 1 unspecified atom stereocenters. The van der Waals surface area contributed by atoms with Gasteiger partial charge in [0.15, 0.2) is 0 Å². The molecule has 0 radical (unpaired) electrons. The summed E-state index contributed by atoms with van der Waals surface area (Å²) < 4.78 is 0. The smallest absolute Gasteiger partial charge is 0.0964 e. The van der Waals surface area contributed by atoms with Crippen LogP contribution in [0.5, 0.6) is 0 Å². The van der Waals surface area contributed by atoms with E-state index in [4.69, 9.17) is 5.11 Å². The molecule has 0 aliphatic rings. The van der Waals surface area contributed by atoms with Crippen LogP contribution in [0.15, 0.2) is 0 Å². The molecule has 0 amide bonds. The topological polar surface area (TPSA) is 20.2 Å². The van der Waals surface area contributed by atoms with E-state index in [1.807, 2.05) is 0 Å². The molecule has 0 spiro atoms. The Morgan fingerprint density at radius 2 is 0.720 bits per heavy atom. The van der Waals surface area contributed by atoms with Crippen molar-refractivity contribution in [1.82, 2.24) is 0 Å². The first-order chi connectivity index (χ1) is 12.3. The van der Waals surface area contributed by atoms with Gasteiger partial charge in [-0.2, -0.15) is 0 Å². The molecule has 0 aromatic carbocycles. The molecule has 0 aliphatic heterocycles. The lowest BCUT2D eigenvalue weighted by Crippen LogP contribution is -1.94. The average Bonchev–Trinajstić information content (AvgIpc) is 2.60. The van der Waals surface area contributed by atoms with Crippen molar-refractivity contribution in [3.8, 4) is 0 Å². The van der Waals surface area contributed by atoms with Crippen molar-refractivity contribution < 1.29 is 5.11 Å². The van der Waals surface area contributed by atoms with Gasteiger partial charge in [0.05, 0.1) is 5.44 Å². The van der Waals surface area contributed by atoms with E-state index >= 15 is 0 Å². The highest BCUT2D eigenvalue weighted by Gasteiger charge is 1.97. The Balaban J connectivity index is 2.96. The number of aliphatic hydroxyl groups is 1. The van der Waals surface area contributed by atoms with Gasteiger partial charge in [0.1, 0.15) is 0 Å². The Hall–Kier alpha value is 0.310. The SMILES string of the molecule is CCCCCCCCCCCCCCCCCCCCCCC(O)S. The highest BCUT2D eigenvalue weighted by atomic mass is 32.1. The van der Waals surface area contributed by atoms with Gasteiger partial charge in [0.2, 0.25) is 0 Å². The first-order valence-corrected chi connectivity index (χ1v) is 12.1. The van der Waals surface area contributed by atoms with Crippen molar-refractivity contribution in [2.24, 2.45) is 0 Å². The summed E-state index contributed by atoms with van der Waals surface area (Å²) >= 11 is 3.99. The maximum atomic E-state index is 9.07. The summed E-state index contributed by atoms with van der Waals surface area (Å²) in [6.45, 7) is 2.29. The molecule has 1 atom stereocenters. The van der Waals surface area contributed by atoms with Crippen LogP contribution in [0.2, 0.25) is 0 Å². The lowest BCUT2D eigenvalue weighted by molar-refractivity contribution is 0.249. The van der Waals surface area contributed by atoms with Crippen LogP contribution in [-0.2, 0) is 0 Å². The van der Waals surface area contributed by atoms with E-state index in [0.29, 0.717) is 0 Å². The van der Waals surface area contributed by atoms with Gasteiger partial charge in [-0.15, -0.1) is 12.6 Å². The fraction of sp³-hybridized carbons (Fsp3) is 1.00. The highest BCUT2D eigenvalue weighted by molar-refractivity contribution is 7.80. The van der Waals surface area contributed by atoms with Crippen molar-refractivity contribution >= 4 is 12.6 Å². The molecule has 0 saturated carbocycles. The predicted octanol–water partition coefficient (Wildman–Crippen LogP) is 8.45. The van der Waals surface area contributed by atoms with Gasteiger partial charge in [0.25, 0.3) is 0 Å². The van der Waals surface area contributed by atoms with Crippen LogP contribution in [0.1, 0.15) is 142 Å². The number of hydrogen-bond donors (Lipinski definition) is 2. The molecule has 0 heterocycles. The van der Waals surface area contributed by atoms with E-state index in [2.05, 4.69) is 19.6 Å². The van der Waals surface area contributed by atoms with Crippen molar-refractivity contribution in [2.45, 2.75) is 147 Å². The summed E-state index contributed by atoms with van der Waals surface area (Å²) in [5, 5.41) is 9.07. The van der Waals surface area contributed by atoms with E-state index in [0.717, 1.165) is 12.8 Å². The van der Waals surface area contributed by atoms with Gasteiger partial charge in [0, 0.05) is 0 Å². The van der Waals surface area contributed by atoms with Crippen LogP contribution in [0.3, 0.4) is 0 Å². The summed E-state index contributed by atoms with van der Waals surface area (Å²) in [4.78, 5) is 0. The Kier molecular flexibility index (Phi) is 22.6. The van der Waals surface area contributed by atoms with Crippen LogP contribution in [0.25, 0.3) is 0 Å². The van der Waals surface area contributed by atoms with Crippen LogP contribution < -0.4 is 0 Å². The number of rotatable bonds is 21. The van der Waals surface area contributed by atoms with Crippen LogP contribution >= 0.6 is 12.6 Å². The molecule has 0 saturated heterocycles. The second-order valence-corrected chi connectivity index (χ2v) is 8.58. The lowest BCUT2D eigenvalue weighted by atomic mass is 10.0. The normalized spacial score (nSPS) is 12.6. The molecule has 0 aliphatic carbocycles. The summed E-state index contributed by atoms with van der Waals surface area (Å²) in [5.41, 5.74) is -0.407. The van der Waals surface area contributed by atoms with E-state index < -0.39 is 5.44 Å². The maximum absolute atomic E-state index is 9.07. The standard InChI is InChI=1S/C23H48OS/c1-2-3-4-5-6-7-8-9-10-11-12-13-14-15-16-17-18-19-20-21-22-23(24)25/h23-25H,2-22H2,1H3. The fourth-order valence-corrected chi connectivity index (χ4v) is 3.76. The van der Waals surface area contributed by atoms with Crippen molar-refractivity contribution in [2.75, 3.05) is 0 Å². The first-order valence-electron chi connectivity index (χ1n) is 11.6. The minimum Gasteiger partial charge on any atom is -0.383 e. The molecular weight excluding hydrogens is 324 g/mol. The lowest BCUT2D eigenvalue weighted by Gasteiger charge is -2.04. The van der Waals surface area contributed by atoms with E-state index in [1.54, 1.807) is 0 Å². The first kappa shape index (κ1) is 25.3. The Morgan fingerprint density at radius 3 is 0.960 bits per heavy atom. The van der Waals surface area contributed by atoms with Crippen molar-refractivity contribution in [3.63, 3.8) is 0 Å². The zero-order valence-corrected chi connectivity index (χ0v) is 18.2. The number of unbranched alkanes of at least 4 members (excludes halogenated alkanes) is 19. The molecule has 0 aromatic rings. The largest absolute Gasteiger partial charge is 0.383 e. The number of hydrogen-bond acceptors (Lipinski definition) is 2. The third-order valence-corrected chi connectivity index (χ3v) is 5.57.